The van der Waals surface area contributed by atoms with E-state index in [0.717, 1.165) is 11.1 Å². The largest absolute Gasteiger partial charge is 0.503 e. The van der Waals surface area contributed by atoms with E-state index in [2.05, 4.69) is 11.6 Å². The van der Waals surface area contributed by atoms with Gasteiger partial charge in [-0.05, 0) is 41.0 Å². The van der Waals surface area contributed by atoms with Crippen molar-refractivity contribution in [1.82, 2.24) is 9.88 Å². The standard InChI is InChI=1S/C28H24N2O4/c1-2-16-34-23-12-6-11-22(17-23)26-25(24(31)14-13-20-8-4-3-5-9-20)27(32)28(33)30(26)19-21-10-7-15-29-18-21/h2-15,17-18,26,32H,1,16,19H2. The molecule has 0 bridgehead atoms. The van der Waals surface area contributed by atoms with Crippen LogP contribution in [0.3, 0.4) is 0 Å². The van der Waals surface area contributed by atoms with Gasteiger partial charge in [0.15, 0.2) is 11.5 Å². The third-order valence-electron chi connectivity index (χ3n) is 5.41. The second kappa shape index (κ2) is 10.4. The van der Waals surface area contributed by atoms with Gasteiger partial charge in [0.05, 0.1) is 11.6 Å². The maximum Gasteiger partial charge on any atom is 0.290 e. The Morgan fingerprint density at radius 1 is 1.12 bits per heavy atom. The van der Waals surface area contributed by atoms with Gasteiger partial charge in [-0.1, -0.05) is 67.3 Å². The van der Waals surface area contributed by atoms with E-state index in [-0.39, 0.29) is 12.1 Å². The highest BCUT2D eigenvalue weighted by molar-refractivity contribution is 6.14. The number of aromatic nitrogens is 1. The quantitative estimate of drug-likeness (QED) is 0.372. The summed E-state index contributed by atoms with van der Waals surface area (Å²) in [6.07, 6.45) is 7.98. The van der Waals surface area contributed by atoms with Crippen LogP contribution in [0.2, 0.25) is 0 Å². The van der Waals surface area contributed by atoms with Gasteiger partial charge in [0.1, 0.15) is 12.4 Å². The van der Waals surface area contributed by atoms with Crippen molar-refractivity contribution in [3.63, 3.8) is 0 Å². The van der Waals surface area contributed by atoms with Gasteiger partial charge in [-0.3, -0.25) is 14.6 Å². The maximum atomic E-state index is 13.3. The average molecular weight is 453 g/mol. The number of benzene rings is 2. The molecule has 1 aromatic heterocycles. The summed E-state index contributed by atoms with van der Waals surface area (Å²) in [5, 5.41) is 10.8. The second-order valence-electron chi connectivity index (χ2n) is 7.74. The SMILES string of the molecule is C=CCOc1cccc(C2C(C(=O)C=Cc3ccccc3)=C(O)C(=O)N2Cc2cccnc2)c1. The van der Waals surface area contributed by atoms with Gasteiger partial charge < -0.3 is 14.7 Å². The zero-order valence-corrected chi connectivity index (χ0v) is 18.5. The fourth-order valence-electron chi connectivity index (χ4n) is 3.86. The molecule has 0 aliphatic carbocycles. The van der Waals surface area contributed by atoms with Crippen LogP contribution in [0.15, 0.2) is 109 Å². The van der Waals surface area contributed by atoms with E-state index in [1.54, 1.807) is 48.8 Å². The predicted molar refractivity (Wildman–Crippen MR) is 130 cm³/mol. The van der Waals surface area contributed by atoms with Crippen LogP contribution >= 0.6 is 0 Å². The van der Waals surface area contributed by atoms with Gasteiger partial charge in [0.25, 0.3) is 5.91 Å². The molecular weight excluding hydrogens is 428 g/mol. The molecule has 0 saturated heterocycles. The molecule has 1 amide bonds. The molecular formula is C28H24N2O4. The smallest absolute Gasteiger partial charge is 0.290 e. The number of ether oxygens (including phenoxy) is 1. The van der Waals surface area contributed by atoms with Crippen LogP contribution in [-0.4, -0.2) is 33.3 Å². The molecule has 2 aromatic carbocycles. The Balaban J connectivity index is 1.73. The Morgan fingerprint density at radius 3 is 2.68 bits per heavy atom. The fourth-order valence-corrected chi connectivity index (χ4v) is 3.86. The first-order valence-corrected chi connectivity index (χ1v) is 10.8. The molecule has 34 heavy (non-hydrogen) atoms. The molecule has 6 nitrogen and oxygen atoms in total. The van der Waals surface area contributed by atoms with Gasteiger partial charge in [0.2, 0.25) is 0 Å². The van der Waals surface area contributed by atoms with E-state index in [4.69, 9.17) is 4.74 Å². The summed E-state index contributed by atoms with van der Waals surface area (Å²) in [7, 11) is 0. The Kier molecular flexibility index (Phi) is 6.98. The number of pyridine rings is 1. The van der Waals surface area contributed by atoms with Crippen molar-refractivity contribution in [2.45, 2.75) is 12.6 Å². The van der Waals surface area contributed by atoms with E-state index < -0.39 is 23.5 Å². The van der Waals surface area contributed by atoms with Gasteiger partial charge in [0, 0.05) is 18.9 Å². The second-order valence-corrected chi connectivity index (χ2v) is 7.74. The number of ketones is 1. The lowest BCUT2D eigenvalue weighted by Gasteiger charge is -2.27. The van der Waals surface area contributed by atoms with Crippen molar-refractivity contribution in [2.24, 2.45) is 0 Å². The lowest BCUT2D eigenvalue weighted by Crippen LogP contribution is -2.30. The summed E-state index contributed by atoms with van der Waals surface area (Å²) in [6, 6.07) is 19.3. The fraction of sp³-hybridized carbons (Fsp3) is 0.107. The first-order valence-electron chi connectivity index (χ1n) is 10.8. The minimum atomic E-state index is -0.784. The number of aliphatic hydroxyl groups excluding tert-OH is 1. The highest BCUT2D eigenvalue weighted by Crippen LogP contribution is 2.40. The molecule has 1 aliphatic rings. The van der Waals surface area contributed by atoms with Crippen LogP contribution in [0.1, 0.15) is 22.7 Å². The highest BCUT2D eigenvalue weighted by atomic mass is 16.5. The summed E-state index contributed by atoms with van der Waals surface area (Å²) < 4.78 is 5.65. The van der Waals surface area contributed by atoms with Crippen LogP contribution in [0.4, 0.5) is 0 Å². The van der Waals surface area contributed by atoms with Gasteiger partial charge >= 0.3 is 0 Å². The van der Waals surface area contributed by atoms with Crippen LogP contribution in [-0.2, 0) is 16.1 Å². The molecule has 0 spiro atoms. The van der Waals surface area contributed by atoms with Crippen molar-refractivity contribution in [1.29, 1.82) is 0 Å². The summed E-state index contributed by atoms with van der Waals surface area (Å²) in [6.45, 7) is 4.16. The highest BCUT2D eigenvalue weighted by Gasteiger charge is 2.43. The third kappa shape index (κ3) is 4.96. The normalized spacial score (nSPS) is 15.7. The van der Waals surface area contributed by atoms with Crippen LogP contribution < -0.4 is 4.74 Å². The van der Waals surface area contributed by atoms with E-state index in [9.17, 15) is 14.7 Å². The van der Waals surface area contributed by atoms with Crippen molar-refractivity contribution in [3.8, 4) is 5.75 Å². The topological polar surface area (TPSA) is 79.7 Å². The van der Waals surface area contributed by atoms with E-state index in [1.807, 2.05) is 42.5 Å². The van der Waals surface area contributed by atoms with E-state index in [0.29, 0.717) is 17.9 Å². The summed E-state index contributed by atoms with van der Waals surface area (Å²) >= 11 is 0. The molecule has 4 rings (SSSR count). The van der Waals surface area contributed by atoms with Crippen molar-refractivity contribution >= 4 is 17.8 Å². The van der Waals surface area contributed by atoms with Gasteiger partial charge in [-0.25, -0.2) is 0 Å². The lowest BCUT2D eigenvalue weighted by atomic mass is 9.95. The maximum absolute atomic E-state index is 13.3. The predicted octanol–water partition coefficient (Wildman–Crippen LogP) is 4.82. The van der Waals surface area contributed by atoms with Crippen LogP contribution in [0.5, 0.6) is 5.75 Å². The van der Waals surface area contributed by atoms with Gasteiger partial charge in [-0.2, -0.15) is 0 Å². The number of hydrogen-bond acceptors (Lipinski definition) is 5. The molecule has 0 saturated carbocycles. The monoisotopic (exact) mass is 452 g/mol. The summed E-state index contributed by atoms with van der Waals surface area (Å²) in [4.78, 5) is 32.0. The number of carbonyl (C=O) groups excluding carboxylic acids is 2. The molecule has 3 aromatic rings. The average Bonchev–Trinajstić information content (AvgIpc) is 3.12. The number of rotatable bonds is 9. The summed E-state index contributed by atoms with van der Waals surface area (Å²) in [5.41, 5.74) is 2.30. The minimum absolute atomic E-state index is 0.0296. The van der Waals surface area contributed by atoms with Crippen molar-refractivity contribution in [2.75, 3.05) is 6.61 Å². The Hall–Kier alpha value is -4.45. The number of carbonyl (C=O) groups is 2. The third-order valence-corrected chi connectivity index (χ3v) is 5.41. The lowest BCUT2D eigenvalue weighted by molar-refractivity contribution is -0.130. The van der Waals surface area contributed by atoms with Crippen LogP contribution in [0.25, 0.3) is 6.08 Å². The minimum Gasteiger partial charge on any atom is -0.503 e. The number of aliphatic hydroxyl groups is 1. The van der Waals surface area contributed by atoms with Crippen molar-refractivity contribution in [3.05, 3.63) is 126 Å². The van der Waals surface area contributed by atoms with Crippen LogP contribution in [0, 0.1) is 0 Å². The first-order chi connectivity index (χ1) is 16.6. The zero-order valence-electron chi connectivity index (χ0n) is 18.5. The van der Waals surface area contributed by atoms with Crippen molar-refractivity contribution < 1.29 is 19.4 Å². The zero-order chi connectivity index (χ0) is 23.9. The Bertz CT molecular complexity index is 1250. The molecule has 1 aliphatic heterocycles. The molecule has 1 N–H and O–H groups in total. The molecule has 170 valence electrons. The van der Waals surface area contributed by atoms with E-state index >= 15 is 0 Å². The van der Waals surface area contributed by atoms with E-state index in [1.165, 1.54) is 11.0 Å². The molecule has 1 unspecified atom stereocenters. The molecule has 0 fully saturated rings. The molecule has 2 heterocycles. The number of nitrogens with zero attached hydrogens (tertiary/aromatic N) is 2. The number of hydrogen-bond donors (Lipinski definition) is 1. The van der Waals surface area contributed by atoms with Gasteiger partial charge in [-0.15, -0.1) is 0 Å². The molecule has 6 heteroatoms. The number of allylic oxidation sites excluding steroid dienone is 1. The first kappa shape index (κ1) is 22.7. The Morgan fingerprint density at radius 2 is 1.94 bits per heavy atom. The number of amides is 1. The summed E-state index contributed by atoms with van der Waals surface area (Å²) in [5.74, 6) is -1.02. The molecule has 1 atom stereocenters. The Labute approximate surface area is 198 Å². The molecule has 0 radical (unpaired) electrons.